The first-order chi connectivity index (χ1) is 10.5. The van der Waals surface area contributed by atoms with E-state index in [2.05, 4.69) is 0 Å². The van der Waals surface area contributed by atoms with E-state index >= 15 is 0 Å². The third kappa shape index (κ3) is 5.39. The van der Waals surface area contributed by atoms with E-state index in [-0.39, 0.29) is 6.42 Å². The summed E-state index contributed by atoms with van der Waals surface area (Å²) in [7, 11) is -1.63. The number of hydrogen-bond donors (Lipinski definition) is 1. The fourth-order valence-corrected chi connectivity index (χ4v) is 2.73. The summed E-state index contributed by atoms with van der Waals surface area (Å²) in [6.07, 6.45) is 0.147. The first-order valence-corrected chi connectivity index (χ1v) is 10.5. The van der Waals surface area contributed by atoms with Crippen molar-refractivity contribution in [2.24, 2.45) is 5.41 Å². The molecule has 1 unspecified atom stereocenters. The Labute approximate surface area is 139 Å². The van der Waals surface area contributed by atoms with E-state index in [1.165, 1.54) is 0 Å². The van der Waals surface area contributed by atoms with Gasteiger partial charge in [-0.1, -0.05) is 18.2 Å². The SMILES string of the molecule is C[SiH](C)OC(=O)C(C)(Cc1ccccc1N)C(=O)OC(C)(C)C. The Morgan fingerprint density at radius 3 is 2.13 bits per heavy atom. The number of benzene rings is 1. The molecule has 0 aromatic heterocycles. The summed E-state index contributed by atoms with van der Waals surface area (Å²) < 4.78 is 10.9. The van der Waals surface area contributed by atoms with Crippen LogP contribution in [0.15, 0.2) is 24.3 Å². The standard InChI is InChI=1S/C17H27NO4Si/c1-16(2,3)21-14(19)17(4,15(20)22-23(5)6)11-12-9-7-8-10-13(12)18/h7-10,23H,11,18H2,1-6H3. The van der Waals surface area contributed by atoms with Gasteiger partial charge in [0.2, 0.25) is 9.04 Å². The highest BCUT2D eigenvalue weighted by atomic mass is 28.3. The van der Waals surface area contributed by atoms with Gasteiger partial charge in [-0.25, -0.2) is 0 Å². The summed E-state index contributed by atoms with van der Waals surface area (Å²) in [4.78, 5) is 25.3. The molecule has 0 spiro atoms. The van der Waals surface area contributed by atoms with Crippen LogP contribution in [-0.4, -0.2) is 26.6 Å². The minimum atomic E-state index is -1.63. The first-order valence-electron chi connectivity index (χ1n) is 7.73. The number of esters is 1. The minimum Gasteiger partial charge on any atom is -0.522 e. The molecule has 1 rings (SSSR count). The molecule has 0 heterocycles. The Bertz CT molecular complexity index is 580. The number of para-hydroxylation sites is 1. The molecule has 0 radical (unpaired) electrons. The van der Waals surface area contributed by atoms with E-state index in [1.807, 2.05) is 25.2 Å². The van der Waals surface area contributed by atoms with Crippen LogP contribution in [-0.2, 0) is 25.2 Å². The maximum Gasteiger partial charge on any atom is 0.324 e. The van der Waals surface area contributed by atoms with Crippen LogP contribution in [0.5, 0.6) is 0 Å². The van der Waals surface area contributed by atoms with Crippen molar-refractivity contribution in [3.63, 3.8) is 0 Å². The number of rotatable bonds is 5. The van der Waals surface area contributed by atoms with Crippen molar-refractivity contribution in [2.75, 3.05) is 5.73 Å². The Hall–Kier alpha value is -1.82. The first kappa shape index (κ1) is 19.2. The van der Waals surface area contributed by atoms with Crippen LogP contribution in [0.2, 0.25) is 13.1 Å². The van der Waals surface area contributed by atoms with E-state index in [0.29, 0.717) is 5.69 Å². The average Bonchev–Trinajstić information content (AvgIpc) is 2.38. The van der Waals surface area contributed by atoms with Crippen LogP contribution < -0.4 is 5.73 Å². The second kappa shape index (κ2) is 7.17. The van der Waals surface area contributed by atoms with Gasteiger partial charge in [0.1, 0.15) is 5.60 Å². The molecule has 0 fully saturated rings. The smallest absolute Gasteiger partial charge is 0.324 e. The number of nitrogen functional groups attached to an aromatic ring is 1. The molecule has 0 saturated carbocycles. The zero-order valence-electron chi connectivity index (χ0n) is 14.8. The molecule has 6 heteroatoms. The third-order valence-corrected chi connectivity index (χ3v) is 3.93. The molecule has 0 amide bonds. The van der Waals surface area contributed by atoms with E-state index in [9.17, 15) is 9.59 Å². The highest BCUT2D eigenvalue weighted by Crippen LogP contribution is 2.30. The number of carbonyl (C=O) groups is 2. The zero-order valence-corrected chi connectivity index (χ0v) is 16.0. The van der Waals surface area contributed by atoms with Gasteiger partial charge in [0.05, 0.1) is 0 Å². The largest absolute Gasteiger partial charge is 0.522 e. The van der Waals surface area contributed by atoms with E-state index in [1.54, 1.807) is 39.8 Å². The van der Waals surface area contributed by atoms with Crippen LogP contribution in [0.1, 0.15) is 33.3 Å². The molecule has 1 atom stereocenters. The summed E-state index contributed by atoms with van der Waals surface area (Å²) >= 11 is 0. The Morgan fingerprint density at radius 1 is 1.09 bits per heavy atom. The van der Waals surface area contributed by atoms with Gasteiger partial charge in [0.25, 0.3) is 0 Å². The zero-order chi connectivity index (χ0) is 17.8. The monoisotopic (exact) mass is 337 g/mol. The van der Waals surface area contributed by atoms with Crippen LogP contribution >= 0.6 is 0 Å². The fraction of sp³-hybridized carbons (Fsp3) is 0.529. The molecule has 2 N–H and O–H groups in total. The van der Waals surface area contributed by atoms with Gasteiger partial charge < -0.3 is 14.9 Å². The average molecular weight is 337 g/mol. The summed E-state index contributed by atoms with van der Waals surface area (Å²) in [5, 5.41) is 0. The highest BCUT2D eigenvalue weighted by Gasteiger charge is 2.46. The van der Waals surface area contributed by atoms with Gasteiger partial charge >= 0.3 is 11.9 Å². The molecule has 0 aliphatic carbocycles. The lowest BCUT2D eigenvalue weighted by atomic mass is 9.83. The molecule has 0 saturated heterocycles. The number of carbonyl (C=O) groups excluding carboxylic acids is 2. The van der Waals surface area contributed by atoms with Crippen molar-refractivity contribution >= 4 is 26.7 Å². The third-order valence-electron chi connectivity index (χ3n) is 3.24. The lowest BCUT2D eigenvalue weighted by Crippen LogP contribution is -2.45. The molecule has 0 aliphatic rings. The van der Waals surface area contributed by atoms with Gasteiger partial charge in [-0.05, 0) is 52.4 Å². The van der Waals surface area contributed by atoms with Crippen molar-refractivity contribution in [2.45, 2.75) is 52.8 Å². The summed E-state index contributed by atoms with van der Waals surface area (Å²) in [5.41, 5.74) is 5.12. The molecule has 0 aliphatic heterocycles. The van der Waals surface area contributed by atoms with Crippen LogP contribution in [0.4, 0.5) is 5.69 Å². The number of anilines is 1. The lowest BCUT2D eigenvalue weighted by molar-refractivity contribution is -0.174. The number of nitrogens with two attached hydrogens (primary N) is 1. The van der Waals surface area contributed by atoms with Crippen LogP contribution in [0, 0.1) is 5.41 Å². The lowest BCUT2D eigenvalue weighted by Gasteiger charge is -2.31. The molecule has 0 bridgehead atoms. The molecular formula is C17H27NO4Si. The Balaban J connectivity index is 3.17. The van der Waals surface area contributed by atoms with E-state index in [0.717, 1.165) is 5.56 Å². The molecule has 1 aromatic rings. The molecular weight excluding hydrogens is 310 g/mol. The summed E-state index contributed by atoms with van der Waals surface area (Å²) in [6.45, 7) is 10.6. The summed E-state index contributed by atoms with van der Waals surface area (Å²) in [6, 6.07) is 7.18. The van der Waals surface area contributed by atoms with Crippen molar-refractivity contribution in [1.82, 2.24) is 0 Å². The maximum atomic E-state index is 12.7. The Morgan fingerprint density at radius 2 is 1.65 bits per heavy atom. The maximum absolute atomic E-state index is 12.7. The highest BCUT2D eigenvalue weighted by molar-refractivity contribution is 6.50. The number of ether oxygens (including phenoxy) is 1. The van der Waals surface area contributed by atoms with Crippen LogP contribution in [0.25, 0.3) is 0 Å². The molecule has 1 aromatic carbocycles. The van der Waals surface area contributed by atoms with Crippen molar-refractivity contribution in [1.29, 1.82) is 0 Å². The second-order valence-corrected chi connectivity index (χ2v) is 9.50. The summed E-state index contributed by atoms with van der Waals surface area (Å²) in [5.74, 6) is -1.13. The van der Waals surface area contributed by atoms with Gasteiger partial charge in [-0.15, -0.1) is 0 Å². The van der Waals surface area contributed by atoms with Gasteiger partial charge in [-0.3, -0.25) is 9.59 Å². The second-order valence-electron chi connectivity index (χ2n) is 7.16. The van der Waals surface area contributed by atoms with Crippen molar-refractivity contribution < 1.29 is 18.8 Å². The van der Waals surface area contributed by atoms with Crippen LogP contribution in [0.3, 0.4) is 0 Å². The normalized spacial score (nSPS) is 14.2. The quantitative estimate of drug-likeness (QED) is 0.387. The fourth-order valence-electron chi connectivity index (χ4n) is 2.04. The minimum absolute atomic E-state index is 0.147. The van der Waals surface area contributed by atoms with Gasteiger partial charge in [0.15, 0.2) is 5.41 Å². The van der Waals surface area contributed by atoms with E-state index < -0.39 is 32.0 Å². The number of hydrogen-bond acceptors (Lipinski definition) is 5. The predicted molar refractivity (Wildman–Crippen MR) is 93.5 cm³/mol. The Kier molecular flexibility index (Phi) is 5.99. The molecule has 23 heavy (non-hydrogen) atoms. The van der Waals surface area contributed by atoms with Gasteiger partial charge in [0, 0.05) is 12.1 Å². The van der Waals surface area contributed by atoms with Crippen molar-refractivity contribution in [3.8, 4) is 0 Å². The van der Waals surface area contributed by atoms with Crippen molar-refractivity contribution in [3.05, 3.63) is 29.8 Å². The topological polar surface area (TPSA) is 78.6 Å². The molecule has 5 nitrogen and oxygen atoms in total. The molecule has 128 valence electrons. The predicted octanol–water partition coefficient (Wildman–Crippen LogP) is 2.69. The van der Waals surface area contributed by atoms with Gasteiger partial charge in [-0.2, -0.15) is 0 Å². The van der Waals surface area contributed by atoms with E-state index in [4.69, 9.17) is 14.9 Å².